The monoisotopic (exact) mass is 279 g/mol. The van der Waals surface area contributed by atoms with Gasteiger partial charge in [-0.1, -0.05) is 39.8 Å². The molecule has 0 aliphatic rings. The van der Waals surface area contributed by atoms with E-state index in [0.29, 0.717) is 5.92 Å². The van der Waals surface area contributed by atoms with Gasteiger partial charge in [-0.15, -0.1) is 0 Å². The average Bonchev–Trinajstić information content (AvgIpc) is 2.46. The molecule has 20 heavy (non-hydrogen) atoms. The number of nitrogens with zero attached hydrogens (tertiary/aromatic N) is 1. The minimum atomic E-state index is 0.519. The van der Waals surface area contributed by atoms with Gasteiger partial charge >= 0.3 is 0 Å². The lowest BCUT2D eigenvalue weighted by Gasteiger charge is -2.18. The highest BCUT2D eigenvalue weighted by molar-refractivity contribution is 5.39. The molecule has 1 rings (SSSR count). The molecular weight excluding hydrogens is 250 g/mol. The Labute approximate surface area is 123 Å². The van der Waals surface area contributed by atoms with E-state index in [4.69, 9.17) is 9.47 Å². The van der Waals surface area contributed by atoms with Gasteiger partial charge in [0.1, 0.15) is 0 Å². The summed E-state index contributed by atoms with van der Waals surface area (Å²) in [5.74, 6) is 2.22. The standard InChI is InChI=1S/C17H29NO2/c1-5-18(6-2)12-9-13-19-16-10-7-8-11-17(16)20-14-15(3)4/h7-8,10-11,15H,5-6,9,12-14H2,1-4H3. The first kappa shape index (κ1) is 16.8. The van der Waals surface area contributed by atoms with Gasteiger partial charge in [0.15, 0.2) is 11.5 Å². The van der Waals surface area contributed by atoms with Crippen LogP contribution < -0.4 is 9.47 Å². The van der Waals surface area contributed by atoms with Gasteiger partial charge in [-0.2, -0.15) is 0 Å². The summed E-state index contributed by atoms with van der Waals surface area (Å²) < 4.78 is 11.6. The van der Waals surface area contributed by atoms with Crippen molar-refractivity contribution in [1.29, 1.82) is 0 Å². The lowest BCUT2D eigenvalue weighted by molar-refractivity contribution is 0.226. The summed E-state index contributed by atoms with van der Waals surface area (Å²) in [6.07, 6.45) is 1.04. The van der Waals surface area contributed by atoms with Gasteiger partial charge in [-0.05, 0) is 37.6 Å². The summed E-state index contributed by atoms with van der Waals surface area (Å²) in [5.41, 5.74) is 0. The van der Waals surface area contributed by atoms with E-state index in [9.17, 15) is 0 Å². The predicted octanol–water partition coefficient (Wildman–Crippen LogP) is 3.83. The van der Waals surface area contributed by atoms with Crippen LogP contribution in [0, 0.1) is 5.92 Å². The van der Waals surface area contributed by atoms with Gasteiger partial charge in [-0.3, -0.25) is 0 Å². The van der Waals surface area contributed by atoms with E-state index >= 15 is 0 Å². The number of benzene rings is 1. The van der Waals surface area contributed by atoms with Crippen LogP contribution in [0.4, 0.5) is 0 Å². The van der Waals surface area contributed by atoms with Crippen LogP contribution in [-0.4, -0.2) is 37.7 Å². The zero-order valence-corrected chi connectivity index (χ0v) is 13.4. The first-order valence-electron chi connectivity index (χ1n) is 7.74. The molecule has 0 heterocycles. The molecule has 114 valence electrons. The van der Waals surface area contributed by atoms with Crippen molar-refractivity contribution in [3.8, 4) is 11.5 Å². The maximum Gasteiger partial charge on any atom is 0.161 e. The van der Waals surface area contributed by atoms with E-state index < -0.39 is 0 Å². The molecule has 3 heteroatoms. The Morgan fingerprint density at radius 1 is 1.00 bits per heavy atom. The zero-order chi connectivity index (χ0) is 14.8. The Balaban J connectivity index is 2.39. The molecule has 0 fully saturated rings. The predicted molar refractivity (Wildman–Crippen MR) is 84.7 cm³/mol. The van der Waals surface area contributed by atoms with Gasteiger partial charge in [0, 0.05) is 6.54 Å². The van der Waals surface area contributed by atoms with Gasteiger partial charge in [0.25, 0.3) is 0 Å². The van der Waals surface area contributed by atoms with Crippen molar-refractivity contribution in [3.05, 3.63) is 24.3 Å². The fourth-order valence-corrected chi connectivity index (χ4v) is 1.96. The van der Waals surface area contributed by atoms with E-state index in [0.717, 1.165) is 50.8 Å². The van der Waals surface area contributed by atoms with Crippen molar-refractivity contribution < 1.29 is 9.47 Å². The molecule has 0 aliphatic heterocycles. The summed E-state index contributed by atoms with van der Waals surface area (Å²) in [7, 11) is 0. The second-order valence-corrected chi connectivity index (χ2v) is 5.38. The Morgan fingerprint density at radius 3 is 2.15 bits per heavy atom. The van der Waals surface area contributed by atoms with Crippen LogP contribution in [0.25, 0.3) is 0 Å². The highest BCUT2D eigenvalue weighted by Gasteiger charge is 2.05. The van der Waals surface area contributed by atoms with Crippen LogP contribution in [0.15, 0.2) is 24.3 Å². The molecule has 0 atom stereocenters. The first-order valence-corrected chi connectivity index (χ1v) is 7.74. The molecule has 0 spiro atoms. The van der Waals surface area contributed by atoms with Crippen LogP contribution in [0.5, 0.6) is 11.5 Å². The number of para-hydroxylation sites is 2. The average molecular weight is 279 g/mol. The second kappa shape index (κ2) is 9.65. The highest BCUT2D eigenvalue weighted by Crippen LogP contribution is 2.26. The van der Waals surface area contributed by atoms with Crippen molar-refractivity contribution in [2.75, 3.05) is 32.8 Å². The maximum absolute atomic E-state index is 5.86. The number of rotatable bonds is 10. The molecule has 0 saturated heterocycles. The van der Waals surface area contributed by atoms with Gasteiger partial charge in [0.2, 0.25) is 0 Å². The summed E-state index contributed by atoms with van der Waals surface area (Å²) in [4.78, 5) is 2.41. The molecule has 0 bridgehead atoms. The van der Waals surface area contributed by atoms with Crippen LogP contribution in [-0.2, 0) is 0 Å². The molecule has 0 amide bonds. The molecule has 3 nitrogen and oxygen atoms in total. The van der Waals surface area contributed by atoms with E-state index in [-0.39, 0.29) is 0 Å². The topological polar surface area (TPSA) is 21.7 Å². The molecule has 1 aromatic carbocycles. The summed E-state index contributed by atoms with van der Waals surface area (Å²) >= 11 is 0. The molecule has 1 aromatic rings. The quantitative estimate of drug-likeness (QED) is 0.608. The molecule has 0 unspecified atom stereocenters. The van der Waals surface area contributed by atoms with E-state index in [1.54, 1.807) is 0 Å². The van der Waals surface area contributed by atoms with Gasteiger partial charge < -0.3 is 14.4 Å². The van der Waals surface area contributed by atoms with Crippen molar-refractivity contribution in [2.45, 2.75) is 34.1 Å². The normalized spacial score (nSPS) is 11.1. The molecule has 0 N–H and O–H groups in total. The Kier molecular flexibility index (Phi) is 8.12. The smallest absolute Gasteiger partial charge is 0.161 e. The SMILES string of the molecule is CCN(CC)CCCOc1ccccc1OCC(C)C. The van der Waals surface area contributed by atoms with Crippen LogP contribution in [0.2, 0.25) is 0 Å². The molecule has 0 aromatic heterocycles. The second-order valence-electron chi connectivity index (χ2n) is 5.38. The molecule has 0 radical (unpaired) electrons. The lowest BCUT2D eigenvalue weighted by atomic mass is 10.2. The summed E-state index contributed by atoms with van der Waals surface area (Å²) in [5, 5.41) is 0. The first-order chi connectivity index (χ1) is 9.67. The lowest BCUT2D eigenvalue weighted by Crippen LogP contribution is -2.25. The Morgan fingerprint density at radius 2 is 1.60 bits per heavy atom. The van der Waals surface area contributed by atoms with E-state index in [2.05, 4.69) is 32.6 Å². The van der Waals surface area contributed by atoms with Crippen molar-refractivity contribution in [1.82, 2.24) is 4.90 Å². The van der Waals surface area contributed by atoms with Crippen LogP contribution in [0.3, 0.4) is 0 Å². The van der Waals surface area contributed by atoms with Crippen molar-refractivity contribution in [3.63, 3.8) is 0 Å². The summed E-state index contributed by atoms with van der Waals surface area (Å²) in [6.45, 7) is 13.4. The fraction of sp³-hybridized carbons (Fsp3) is 0.647. The number of hydrogen-bond acceptors (Lipinski definition) is 3. The van der Waals surface area contributed by atoms with E-state index in [1.165, 1.54) is 0 Å². The third-order valence-electron chi connectivity index (χ3n) is 3.19. The number of hydrogen-bond donors (Lipinski definition) is 0. The molecule has 0 aliphatic carbocycles. The van der Waals surface area contributed by atoms with Gasteiger partial charge in [0.05, 0.1) is 13.2 Å². The van der Waals surface area contributed by atoms with Crippen molar-refractivity contribution >= 4 is 0 Å². The summed E-state index contributed by atoms with van der Waals surface area (Å²) in [6, 6.07) is 7.93. The largest absolute Gasteiger partial charge is 0.490 e. The van der Waals surface area contributed by atoms with Crippen molar-refractivity contribution in [2.24, 2.45) is 5.92 Å². The third-order valence-corrected chi connectivity index (χ3v) is 3.19. The van der Waals surface area contributed by atoms with Crippen LogP contribution >= 0.6 is 0 Å². The minimum absolute atomic E-state index is 0.519. The van der Waals surface area contributed by atoms with Gasteiger partial charge in [-0.25, -0.2) is 0 Å². The zero-order valence-electron chi connectivity index (χ0n) is 13.4. The minimum Gasteiger partial charge on any atom is -0.490 e. The molecular formula is C17H29NO2. The third kappa shape index (κ3) is 6.29. The Bertz CT molecular complexity index is 362. The fourth-order valence-electron chi connectivity index (χ4n) is 1.96. The van der Waals surface area contributed by atoms with E-state index in [1.807, 2.05) is 24.3 Å². The highest BCUT2D eigenvalue weighted by atomic mass is 16.5. The van der Waals surface area contributed by atoms with Crippen LogP contribution in [0.1, 0.15) is 34.1 Å². The molecule has 0 saturated carbocycles. The Hall–Kier alpha value is -1.22. The number of ether oxygens (including phenoxy) is 2. The maximum atomic E-state index is 5.86.